The third kappa shape index (κ3) is 3.62. The van der Waals surface area contributed by atoms with Crippen LogP contribution in [0.3, 0.4) is 0 Å². The lowest BCUT2D eigenvalue weighted by Gasteiger charge is -1.83. The molecule has 0 amide bonds. The summed E-state index contributed by atoms with van der Waals surface area (Å²) in [6.07, 6.45) is 5.60. The number of aliphatic hydroxyl groups is 1. The van der Waals surface area contributed by atoms with Gasteiger partial charge in [0.15, 0.2) is 0 Å². The molecule has 1 N–H and O–H groups in total. The molecule has 0 unspecified atom stereocenters. The Kier molecular flexibility index (Phi) is 4.27. The summed E-state index contributed by atoms with van der Waals surface area (Å²) in [5.41, 5.74) is 1.18. The predicted molar refractivity (Wildman–Crippen MR) is 35.7 cm³/mol. The molecule has 0 aliphatic rings. The Morgan fingerprint density at radius 2 is 2.25 bits per heavy atom. The van der Waals surface area contributed by atoms with Gasteiger partial charge in [0.1, 0.15) is 0 Å². The molecule has 0 aliphatic carbocycles. The number of hydrogen-bond acceptors (Lipinski definition) is 1. The molecule has 1 heteroatoms. The lowest BCUT2D eigenvalue weighted by molar-refractivity contribution is 0.342. The van der Waals surface area contributed by atoms with Crippen molar-refractivity contribution in [2.45, 2.75) is 13.8 Å². The third-order valence-corrected chi connectivity index (χ3v) is 0.941. The van der Waals surface area contributed by atoms with Crippen LogP contribution in [0.25, 0.3) is 0 Å². The zero-order valence-corrected chi connectivity index (χ0v) is 5.39. The standard InChI is InChI=1S/C7H12O/c1-3-7(2)5-4-6-8/h3-5,8H,6H2,1-2H3/b5-4+,7-3-. The highest BCUT2D eigenvalue weighted by atomic mass is 16.2. The van der Waals surface area contributed by atoms with E-state index in [0.717, 1.165) is 0 Å². The van der Waals surface area contributed by atoms with Crippen LogP contribution < -0.4 is 0 Å². The zero-order valence-electron chi connectivity index (χ0n) is 5.39. The molecule has 0 aromatic rings. The van der Waals surface area contributed by atoms with Crippen molar-refractivity contribution in [3.05, 3.63) is 23.8 Å². The topological polar surface area (TPSA) is 20.2 Å². The van der Waals surface area contributed by atoms with Crippen molar-refractivity contribution in [1.82, 2.24) is 0 Å². The third-order valence-electron chi connectivity index (χ3n) is 0.941. The van der Waals surface area contributed by atoms with Crippen LogP contribution in [-0.4, -0.2) is 11.7 Å². The first-order chi connectivity index (χ1) is 3.81. The number of hydrogen-bond donors (Lipinski definition) is 1. The van der Waals surface area contributed by atoms with Crippen LogP contribution in [-0.2, 0) is 0 Å². The largest absolute Gasteiger partial charge is 0.392 e. The number of allylic oxidation sites excluding steroid dienone is 3. The second-order valence-corrected chi connectivity index (χ2v) is 1.62. The molecule has 0 radical (unpaired) electrons. The molecule has 0 rings (SSSR count). The molecule has 0 aromatic heterocycles. The van der Waals surface area contributed by atoms with Gasteiger partial charge < -0.3 is 5.11 Å². The maximum atomic E-state index is 8.30. The molecule has 0 saturated carbocycles. The van der Waals surface area contributed by atoms with E-state index in [0.29, 0.717) is 0 Å². The molecule has 0 spiro atoms. The van der Waals surface area contributed by atoms with Crippen LogP contribution in [0.5, 0.6) is 0 Å². The predicted octanol–water partition coefficient (Wildman–Crippen LogP) is 1.50. The molecule has 0 saturated heterocycles. The van der Waals surface area contributed by atoms with Gasteiger partial charge in [-0.05, 0) is 13.8 Å². The van der Waals surface area contributed by atoms with Crippen LogP contribution in [0.15, 0.2) is 23.8 Å². The minimum Gasteiger partial charge on any atom is -0.392 e. The van der Waals surface area contributed by atoms with Crippen LogP contribution in [0.2, 0.25) is 0 Å². The van der Waals surface area contributed by atoms with E-state index in [1.54, 1.807) is 6.08 Å². The van der Waals surface area contributed by atoms with Gasteiger partial charge in [-0.15, -0.1) is 0 Å². The van der Waals surface area contributed by atoms with E-state index in [9.17, 15) is 0 Å². The van der Waals surface area contributed by atoms with Gasteiger partial charge in [0.05, 0.1) is 6.61 Å². The first-order valence-electron chi connectivity index (χ1n) is 2.71. The minimum absolute atomic E-state index is 0.130. The quantitative estimate of drug-likeness (QED) is 0.537. The average Bonchev–Trinajstić information content (AvgIpc) is 1.83. The van der Waals surface area contributed by atoms with Gasteiger partial charge in [-0.25, -0.2) is 0 Å². The Balaban J connectivity index is 3.53. The van der Waals surface area contributed by atoms with E-state index >= 15 is 0 Å². The maximum Gasteiger partial charge on any atom is 0.0615 e. The van der Waals surface area contributed by atoms with Crippen molar-refractivity contribution in [1.29, 1.82) is 0 Å². The molecule has 0 aromatic carbocycles. The van der Waals surface area contributed by atoms with Gasteiger partial charge in [0, 0.05) is 0 Å². The van der Waals surface area contributed by atoms with Gasteiger partial charge in [-0.3, -0.25) is 0 Å². The summed E-state index contributed by atoms with van der Waals surface area (Å²) in [6.45, 7) is 4.09. The molecule has 1 nitrogen and oxygen atoms in total. The number of aliphatic hydroxyl groups excluding tert-OH is 1. The van der Waals surface area contributed by atoms with E-state index in [1.807, 2.05) is 26.0 Å². The molecule has 0 fully saturated rings. The molecule has 0 bridgehead atoms. The van der Waals surface area contributed by atoms with E-state index < -0.39 is 0 Å². The molecule has 8 heavy (non-hydrogen) atoms. The highest BCUT2D eigenvalue weighted by Crippen LogP contribution is 1.91. The fraction of sp³-hybridized carbons (Fsp3) is 0.429. The molecule has 0 aliphatic heterocycles. The van der Waals surface area contributed by atoms with Gasteiger partial charge in [0.25, 0.3) is 0 Å². The highest BCUT2D eigenvalue weighted by molar-refractivity contribution is 5.14. The fourth-order valence-corrected chi connectivity index (χ4v) is 0.335. The van der Waals surface area contributed by atoms with Crippen molar-refractivity contribution < 1.29 is 5.11 Å². The van der Waals surface area contributed by atoms with Gasteiger partial charge in [-0.1, -0.05) is 23.8 Å². The lowest BCUT2D eigenvalue weighted by Crippen LogP contribution is -1.71. The van der Waals surface area contributed by atoms with Crippen molar-refractivity contribution in [2.24, 2.45) is 0 Å². The van der Waals surface area contributed by atoms with E-state index in [4.69, 9.17) is 5.11 Å². The minimum atomic E-state index is 0.130. The van der Waals surface area contributed by atoms with Gasteiger partial charge in [-0.2, -0.15) is 0 Å². The number of rotatable bonds is 2. The first kappa shape index (κ1) is 7.44. The van der Waals surface area contributed by atoms with E-state index in [-0.39, 0.29) is 6.61 Å². The summed E-state index contributed by atoms with van der Waals surface area (Å²) < 4.78 is 0. The SMILES string of the molecule is C/C=C(C)\C=C\CO. The van der Waals surface area contributed by atoms with Gasteiger partial charge >= 0.3 is 0 Å². The van der Waals surface area contributed by atoms with Crippen LogP contribution in [0, 0.1) is 0 Å². The van der Waals surface area contributed by atoms with E-state index in [1.165, 1.54) is 5.57 Å². The summed E-state index contributed by atoms with van der Waals surface area (Å²) in [7, 11) is 0. The van der Waals surface area contributed by atoms with Crippen molar-refractivity contribution in [3.8, 4) is 0 Å². The van der Waals surface area contributed by atoms with Gasteiger partial charge in [0.2, 0.25) is 0 Å². The Morgan fingerprint density at radius 3 is 2.62 bits per heavy atom. The van der Waals surface area contributed by atoms with Crippen LogP contribution in [0.1, 0.15) is 13.8 Å². The lowest BCUT2D eigenvalue weighted by atomic mass is 10.3. The summed E-state index contributed by atoms with van der Waals surface area (Å²) >= 11 is 0. The Hall–Kier alpha value is -0.560. The Morgan fingerprint density at radius 1 is 1.62 bits per heavy atom. The molecular formula is C7H12O. The fourth-order valence-electron chi connectivity index (χ4n) is 0.335. The monoisotopic (exact) mass is 112 g/mol. The normalized spacial score (nSPS) is 13.1. The molecule has 46 valence electrons. The zero-order chi connectivity index (χ0) is 6.41. The smallest absolute Gasteiger partial charge is 0.0615 e. The highest BCUT2D eigenvalue weighted by Gasteiger charge is 1.72. The second-order valence-electron chi connectivity index (χ2n) is 1.62. The Bertz CT molecular complexity index is 101. The summed E-state index contributed by atoms with van der Waals surface area (Å²) in [5.74, 6) is 0. The maximum absolute atomic E-state index is 8.30. The summed E-state index contributed by atoms with van der Waals surface area (Å²) in [6, 6.07) is 0. The molecule has 0 heterocycles. The second kappa shape index (κ2) is 4.60. The van der Waals surface area contributed by atoms with Crippen LogP contribution >= 0.6 is 0 Å². The van der Waals surface area contributed by atoms with Crippen molar-refractivity contribution in [3.63, 3.8) is 0 Å². The average molecular weight is 112 g/mol. The first-order valence-corrected chi connectivity index (χ1v) is 2.71. The van der Waals surface area contributed by atoms with E-state index in [2.05, 4.69) is 0 Å². The van der Waals surface area contributed by atoms with Crippen molar-refractivity contribution in [2.75, 3.05) is 6.61 Å². The van der Waals surface area contributed by atoms with Crippen molar-refractivity contribution >= 4 is 0 Å². The summed E-state index contributed by atoms with van der Waals surface area (Å²) in [4.78, 5) is 0. The Labute approximate surface area is 50.3 Å². The van der Waals surface area contributed by atoms with Crippen LogP contribution in [0.4, 0.5) is 0 Å². The summed E-state index contributed by atoms with van der Waals surface area (Å²) in [5, 5.41) is 8.30. The molecule has 0 atom stereocenters. The molecular weight excluding hydrogens is 100 g/mol.